The normalized spacial score (nSPS) is 14.1. The molecule has 30 heavy (non-hydrogen) atoms. The van der Waals surface area contributed by atoms with Gasteiger partial charge in [-0.25, -0.2) is 9.78 Å². The van der Waals surface area contributed by atoms with Gasteiger partial charge in [0.05, 0.1) is 30.0 Å². The van der Waals surface area contributed by atoms with Gasteiger partial charge in [-0.3, -0.25) is 9.78 Å². The summed E-state index contributed by atoms with van der Waals surface area (Å²) < 4.78 is 4.69. The number of nitrogens with one attached hydrogen (secondary N) is 1. The Morgan fingerprint density at radius 1 is 1.20 bits per heavy atom. The SMILES string of the molecule is CCc1cc2ncc(C=C3CCN(c4ccc(C(=O)OC)nc4)CC3)cc2[nH]c1=O. The average Bonchev–Trinajstić information content (AvgIpc) is 2.78. The van der Waals surface area contributed by atoms with E-state index in [-0.39, 0.29) is 5.56 Å². The maximum Gasteiger partial charge on any atom is 0.356 e. The average molecular weight is 404 g/mol. The Balaban J connectivity index is 1.46. The van der Waals surface area contributed by atoms with Crippen molar-refractivity contribution >= 4 is 28.8 Å². The summed E-state index contributed by atoms with van der Waals surface area (Å²) >= 11 is 0. The molecule has 7 heteroatoms. The summed E-state index contributed by atoms with van der Waals surface area (Å²) in [5.41, 5.74) is 5.94. The van der Waals surface area contributed by atoms with Crippen LogP contribution in [0.15, 0.2) is 47.0 Å². The molecule has 1 aliphatic rings. The molecule has 0 amide bonds. The Hall–Kier alpha value is -3.48. The molecule has 0 spiro atoms. The molecule has 1 aliphatic heterocycles. The molecular formula is C23H24N4O3. The number of piperidine rings is 1. The lowest BCUT2D eigenvalue weighted by Gasteiger charge is -2.30. The number of carbonyl (C=O) groups excluding carboxylic acids is 1. The van der Waals surface area contributed by atoms with Crippen LogP contribution < -0.4 is 10.5 Å². The van der Waals surface area contributed by atoms with Gasteiger partial charge in [-0.05, 0) is 49.1 Å². The van der Waals surface area contributed by atoms with Crippen LogP contribution in [0.2, 0.25) is 0 Å². The molecule has 0 radical (unpaired) electrons. The number of fused-ring (bicyclic) bond motifs is 1. The summed E-state index contributed by atoms with van der Waals surface area (Å²) in [5.74, 6) is -0.429. The molecule has 1 N–H and O–H groups in total. The maximum atomic E-state index is 12.1. The first-order valence-corrected chi connectivity index (χ1v) is 10.1. The minimum absolute atomic E-state index is 0.0447. The first kappa shape index (κ1) is 19.8. The molecule has 0 unspecified atom stereocenters. The van der Waals surface area contributed by atoms with Crippen LogP contribution in [0, 0.1) is 0 Å². The van der Waals surface area contributed by atoms with Crippen LogP contribution in [0.5, 0.6) is 0 Å². The lowest BCUT2D eigenvalue weighted by Crippen LogP contribution is -2.30. The number of H-pyrrole nitrogens is 1. The van der Waals surface area contributed by atoms with Crippen molar-refractivity contribution in [3.8, 4) is 0 Å². The Kier molecular flexibility index (Phi) is 5.61. The molecule has 0 aromatic carbocycles. The van der Waals surface area contributed by atoms with Gasteiger partial charge < -0.3 is 14.6 Å². The second kappa shape index (κ2) is 8.49. The van der Waals surface area contributed by atoms with Crippen molar-refractivity contribution in [3.63, 3.8) is 0 Å². The fourth-order valence-electron chi connectivity index (χ4n) is 3.71. The van der Waals surface area contributed by atoms with Gasteiger partial charge in [0.25, 0.3) is 5.56 Å². The number of ether oxygens (including phenoxy) is 1. The third-order valence-electron chi connectivity index (χ3n) is 5.46. The highest BCUT2D eigenvalue weighted by atomic mass is 16.5. The number of nitrogens with zero attached hydrogens (tertiary/aromatic N) is 3. The number of anilines is 1. The van der Waals surface area contributed by atoms with Gasteiger partial charge in [0.15, 0.2) is 0 Å². The number of hydrogen-bond donors (Lipinski definition) is 1. The Morgan fingerprint density at radius 3 is 2.67 bits per heavy atom. The fourth-order valence-corrected chi connectivity index (χ4v) is 3.71. The molecule has 4 heterocycles. The Labute approximate surface area is 174 Å². The molecule has 0 saturated carbocycles. The van der Waals surface area contributed by atoms with Gasteiger partial charge in [-0.15, -0.1) is 0 Å². The van der Waals surface area contributed by atoms with Gasteiger partial charge >= 0.3 is 5.97 Å². The number of esters is 1. The molecule has 0 bridgehead atoms. The van der Waals surface area contributed by atoms with Crippen molar-refractivity contribution < 1.29 is 9.53 Å². The summed E-state index contributed by atoms with van der Waals surface area (Å²) in [6.45, 7) is 3.72. The van der Waals surface area contributed by atoms with E-state index in [9.17, 15) is 9.59 Å². The Morgan fingerprint density at radius 2 is 2.00 bits per heavy atom. The van der Waals surface area contributed by atoms with Crippen LogP contribution in [0.4, 0.5) is 5.69 Å². The van der Waals surface area contributed by atoms with Crippen molar-refractivity contribution in [2.24, 2.45) is 0 Å². The van der Waals surface area contributed by atoms with Crippen LogP contribution in [0.1, 0.15) is 41.4 Å². The lowest BCUT2D eigenvalue weighted by atomic mass is 10.0. The van der Waals surface area contributed by atoms with Crippen LogP contribution in [0.3, 0.4) is 0 Å². The summed E-state index contributed by atoms with van der Waals surface area (Å²) in [4.78, 5) is 37.5. The van der Waals surface area contributed by atoms with Crippen LogP contribution in [-0.4, -0.2) is 41.1 Å². The third kappa shape index (κ3) is 4.10. The molecule has 1 fully saturated rings. The summed E-state index contributed by atoms with van der Waals surface area (Å²) in [5, 5.41) is 0. The largest absolute Gasteiger partial charge is 0.464 e. The van der Waals surface area contributed by atoms with Crippen molar-refractivity contribution in [2.75, 3.05) is 25.1 Å². The highest BCUT2D eigenvalue weighted by Crippen LogP contribution is 2.24. The molecular weight excluding hydrogens is 380 g/mol. The second-order valence-electron chi connectivity index (χ2n) is 7.36. The molecule has 1 saturated heterocycles. The zero-order valence-corrected chi connectivity index (χ0v) is 17.1. The summed E-state index contributed by atoms with van der Waals surface area (Å²) in [6, 6.07) is 7.45. The van der Waals surface area contributed by atoms with Crippen LogP contribution in [0.25, 0.3) is 17.1 Å². The first-order chi connectivity index (χ1) is 14.6. The molecule has 0 aliphatic carbocycles. The predicted octanol–water partition coefficient (Wildman–Crippen LogP) is 3.35. The molecule has 3 aromatic rings. The quantitative estimate of drug-likeness (QED) is 0.671. The number of methoxy groups -OCH3 is 1. The zero-order chi connectivity index (χ0) is 21.1. The highest BCUT2D eigenvalue weighted by Gasteiger charge is 2.16. The van der Waals surface area contributed by atoms with Gasteiger partial charge in [-0.1, -0.05) is 18.6 Å². The first-order valence-electron chi connectivity index (χ1n) is 10.1. The topological polar surface area (TPSA) is 88.2 Å². The van der Waals surface area contributed by atoms with Crippen molar-refractivity contribution in [3.05, 3.63) is 69.4 Å². The standard InChI is InChI=1S/C23H24N4O3/c1-3-17-12-20-21(26-22(17)28)11-16(13-24-20)10-15-6-8-27(9-7-15)18-4-5-19(25-14-18)23(29)30-2/h4-5,10-14H,3,6-9H2,1-2H3,(H,26,28). The van der Waals surface area contributed by atoms with E-state index >= 15 is 0 Å². The molecule has 0 atom stereocenters. The molecule has 4 rings (SSSR count). The van der Waals surface area contributed by atoms with E-state index in [0.717, 1.165) is 53.8 Å². The number of aryl methyl sites for hydroxylation is 1. The van der Waals surface area contributed by atoms with E-state index in [4.69, 9.17) is 0 Å². The van der Waals surface area contributed by atoms with Crippen LogP contribution >= 0.6 is 0 Å². The number of aromatic amines is 1. The molecule has 3 aromatic heterocycles. The van der Waals surface area contributed by atoms with Gasteiger partial charge in [0, 0.05) is 24.8 Å². The second-order valence-corrected chi connectivity index (χ2v) is 7.36. The minimum atomic E-state index is -0.429. The lowest BCUT2D eigenvalue weighted by molar-refractivity contribution is 0.0594. The van der Waals surface area contributed by atoms with Crippen molar-refractivity contribution in [1.82, 2.24) is 15.0 Å². The minimum Gasteiger partial charge on any atom is -0.464 e. The Bertz CT molecular complexity index is 1160. The monoisotopic (exact) mass is 404 g/mol. The maximum absolute atomic E-state index is 12.1. The number of rotatable bonds is 4. The molecule has 154 valence electrons. The highest BCUT2D eigenvalue weighted by molar-refractivity contribution is 5.87. The van der Waals surface area contributed by atoms with Gasteiger partial charge in [0.2, 0.25) is 0 Å². The number of pyridine rings is 3. The van der Waals surface area contributed by atoms with E-state index < -0.39 is 5.97 Å². The predicted molar refractivity (Wildman–Crippen MR) is 117 cm³/mol. The third-order valence-corrected chi connectivity index (χ3v) is 5.46. The van der Waals surface area contributed by atoms with Crippen molar-refractivity contribution in [2.45, 2.75) is 26.2 Å². The van der Waals surface area contributed by atoms with E-state index in [2.05, 4.69) is 30.7 Å². The van der Waals surface area contributed by atoms with E-state index in [1.54, 1.807) is 12.3 Å². The van der Waals surface area contributed by atoms with E-state index in [1.165, 1.54) is 12.7 Å². The number of carbonyl (C=O) groups is 1. The summed E-state index contributed by atoms with van der Waals surface area (Å²) in [6.07, 6.45) is 8.29. The van der Waals surface area contributed by atoms with E-state index in [0.29, 0.717) is 12.1 Å². The van der Waals surface area contributed by atoms with E-state index in [1.807, 2.05) is 31.3 Å². The molecule has 7 nitrogen and oxygen atoms in total. The van der Waals surface area contributed by atoms with Crippen molar-refractivity contribution in [1.29, 1.82) is 0 Å². The van der Waals surface area contributed by atoms with Gasteiger partial charge in [-0.2, -0.15) is 0 Å². The summed E-state index contributed by atoms with van der Waals surface area (Å²) in [7, 11) is 1.35. The number of hydrogen-bond acceptors (Lipinski definition) is 6. The smallest absolute Gasteiger partial charge is 0.356 e. The number of aromatic nitrogens is 3. The van der Waals surface area contributed by atoms with Gasteiger partial charge in [0.1, 0.15) is 5.69 Å². The fraction of sp³-hybridized carbons (Fsp3) is 0.304. The zero-order valence-electron chi connectivity index (χ0n) is 17.1. The van der Waals surface area contributed by atoms with Crippen LogP contribution in [-0.2, 0) is 11.2 Å².